The number of hydrogen-bond donors (Lipinski definition) is 1. The summed E-state index contributed by atoms with van der Waals surface area (Å²) in [6.45, 7) is 7.49. The summed E-state index contributed by atoms with van der Waals surface area (Å²) in [6, 6.07) is 8.77. The van der Waals surface area contributed by atoms with E-state index in [-0.39, 0.29) is 0 Å². The molecule has 1 aromatic rings. The van der Waals surface area contributed by atoms with Gasteiger partial charge in [0.05, 0.1) is 0 Å². The molecule has 0 amide bonds. The number of hydrogen-bond acceptors (Lipinski definition) is 1. The normalized spacial score (nSPS) is 14.8. The maximum atomic E-state index is 5.90. The third-order valence-electron chi connectivity index (χ3n) is 3.27. The first kappa shape index (κ1) is 13.2. The van der Waals surface area contributed by atoms with Gasteiger partial charge in [-0.1, -0.05) is 56.5 Å². The van der Waals surface area contributed by atoms with E-state index >= 15 is 0 Å². The van der Waals surface area contributed by atoms with Gasteiger partial charge in [-0.25, -0.2) is 0 Å². The molecule has 1 heteroatoms. The molecule has 1 nitrogen and oxygen atoms in total. The van der Waals surface area contributed by atoms with Crippen molar-refractivity contribution in [3.63, 3.8) is 0 Å². The fourth-order valence-electron chi connectivity index (χ4n) is 2.39. The second kappa shape index (κ2) is 6.70. The molecule has 2 N–H and O–H groups in total. The first-order valence-electron chi connectivity index (χ1n) is 6.44. The van der Waals surface area contributed by atoms with Gasteiger partial charge in [-0.15, -0.1) is 0 Å². The Morgan fingerprint density at radius 3 is 2.62 bits per heavy atom. The van der Waals surface area contributed by atoms with Crippen LogP contribution in [0.4, 0.5) is 0 Å². The Balaban J connectivity index is 2.67. The van der Waals surface area contributed by atoms with Gasteiger partial charge in [-0.3, -0.25) is 0 Å². The van der Waals surface area contributed by atoms with Gasteiger partial charge in [0.1, 0.15) is 0 Å². The Kier molecular flexibility index (Phi) is 5.54. The van der Waals surface area contributed by atoms with Gasteiger partial charge in [-0.05, 0) is 37.3 Å². The van der Waals surface area contributed by atoms with Crippen molar-refractivity contribution in [2.24, 2.45) is 11.7 Å². The van der Waals surface area contributed by atoms with Gasteiger partial charge < -0.3 is 5.73 Å². The predicted molar refractivity (Wildman–Crippen MR) is 71.7 cm³/mol. The summed E-state index contributed by atoms with van der Waals surface area (Å²) < 4.78 is 0. The van der Waals surface area contributed by atoms with Crippen molar-refractivity contribution in [2.75, 3.05) is 6.54 Å². The second-order valence-corrected chi connectivity index (χ2v) is 4.98. The molecule has 0 saturated heterocycles. The van der Waals surface area contributed by atoms with Crippen molar-refractivity contribution in [3.05, 3.63) is 35.4 Å². The average molecular weight is 219 g/mol. The van der Waals surface area contributed by atoms with Crippen molar-refractivity contribution in [2.45, 2.75) is 46.0 Å². The van der Waals surface area contributed by atoms with Gasteiger partial charge in [0.15, 0.2) is 0 Å². The van der Waals surface area contributed by atoms with Crippen LogP contribution < -0.4 is 5.73 Å². The third-order valence-corrected chi connectivity index (χ3v) is 3.27. The van der Waals surface area contributed by atoms with Gasteiger partial charge in [-0.2, -0.15) is 0 Å². The molecule has 0 bridgehead atoms. The van der Waals surface area contributed by atoms with E-state index in [4.69, 9.17) is 5.73 Å². The van der Waals surface area contributed by atoms with Crippen LogP contribution in [-0.2, 0) is 0 Å². The standard InChI is InChI=1S/C15H25N/c1-4-6-12(2)10-15(11-16)14-8-5-7-13(3)9-14/h5,7-9,12,15H,4,6,10-11,16H2,1-3H3. The maximum absolute atomic E-state index is 5.90. The summed E-state index contributed by atoms with van der Waals surface area (Å²) in [5, 5.41) is 0. The molecule has 1 aromatic carbocycles. The molecule has 0 radical (unpaired) electrons. The van der Waals surface area contributed by atoms with Gasteiger partial charge in [0.2, 0.25) is 0 Å². The molecular weight excluding hydrogens is 194 g/mol. The minimum absolute atomic E-state index is 0.529. The number of rotatable bonds is 6. The predicted octanol–water partition coefficient (Wildman–Crippen LogP) is 3.86. The van der Waals surface area contributed by atoms with Crippen molar-refractivity contribution in [3.8, 4) is 0 Å². The maximum Gasteiger partial charge on any atom is -0.000813 e. The van der Waals surface area contributed by atoms with Gasteiger partial charge >= 0.3 is 0 Å². The topological polar surface area (TPSA) is 26.0 Å². The van der Waals surface area contributed by atoms with Crippen LogP contribution in [0.15, 0.2) is 24.3 Å². The molecule has 0 aromatic heterocycles. The highest BCUT2D eigenvalue weighted by molar-refractivity contribution is 5.25. The van der Waals surface area contributed by atoms with Crippen molar-refractivity contribution in [1.82, 2.24) is 0 Å². The molecular formula is C15H25N. The van der Waals surface area contributed by atoms with E-state index in [1.165, 1.54) is 30.4 Å². The zero-order valence-corrected chi connectivity index (χ0v) is 10.9. The summed E-state index contributed by atoms with van der Waals surface area (Å²) in [4.78, 5) is 0. The quantitative estimate of drug-likeness (QED) is 0.772. The Morgan fingerprint density at radius 1 is 1.31 bits per heavy atom. The summed E-state index contributed by atoms with van der Waals surface area (Å²) in [5.41, 5.74) is 8.64. The summed E-state index contributed by atoms with van der Waals surface area (Å²) in [7, 11) is 0. The van der Waals surface area contributed by atoms with Crippen LogP contribution in [0.2, 0.25) is 0 Å². The highest BCUT2D eigenvalue weighted by Gasteiger charge is 2.13. The number of nitrogens with two attached hydrogens (primary N) is 1. The largest absolute Gasteiger partial charge is 0.330 e. The summed E-state index contributed by atoms with van der Waals surface area (Å²) in [6.07, 6.45) is 3.79. The summed E-state index contributed by atoms with van der Waals surface area (Å²) >= 11 is 0. The molecule has 1 rings (SSSR count). The van der Waals surface area contributed by atoms with Crippen LogP contribution >= 0.6 is 0 Å². The highest BCUT2D eigenvalue weighted by atomic mass is 14.5. The van der Waals surface area contributed by atoms with E-state index in [1.54, 1.807) is 0 Å². The van der Waals surface area contributed by atoms with Gasteiger partial charge in [0.25, 0.3) is 0 Å². The van der Waals surface area contributed by atoms with Crippen LogP contribution in [0.5, 0.6) is 0 Å². The Hall–Kier alpha value is -0.820. The first-order valence-corrected chi connectivity index (χ1v) is 6.44. The molecule has 0 spiro atoms. The Bertz CT molecular complexity index is 306. The van der Waals surface area contributed by atoms with E-state index in [9.17, 15) is 0 Å². The third kappa shape index (κ3) is 3.97. The molecule has 2 unspecified atom stereocenters. The minimum Gasteiger partial charge on any atom is -0.330 e. The number of aryl methyl sites for hydroxylation is 1. The van der Waals surface area contributed by atoms with Crippen molar-refractivity contribution < 1.29 is 0 Å². The SMILES string of the molecule is CCCC(C)CC(CN)c1cccc(C)c1. The fraction of sp³-hybridized carbons (Fsp3) is 0.600. The van der Waals surface area contributed by atoms with Crippen molar-refractivity contribution >= 4 is 0 Å². The number of benzene rings is 1. The Morgan fingerprint density at radius 2 is 2.06 bits per heavy atom. The van der Waals surface area contributed by atoms with E-state index in [1.807, 2.05) is 0 Å². The molecule has 90 valence electrons. The van der Waals surface area contributed by atoms with Gasteiger partial charge in [0, 0.05) is 0 Å². The van der Waals surface area contributed by atoms with Crippen LogP contribution in [0.1, 0.15) is 50.2 Å². The minimum atomic E-state index is 0.529. The monoisotopic (exact) mass is 219 g/mol. The van der Waals surface area contributed by atoms with E-state index in [0.717, 1.165) is 12.5 Å². The smallest absolute Gasteiger partial charge is 0.000813 e. The zero-order valence-electron chi connectivity index (χ0n) is 10.9. The zero-order chi connectivity index (χ0) is 12.0. The summed E-state index contributed by atoms with van der Waals surface area (Å²) in [5.74, 6) is 1.31. The van der Waals surface area contributed by atoms with Crippen LogP contribution in [0.3, 0.4) is 0 Å². The van der Waals surface area contributed by atoms with Crippen LogP contribution in [0.25, 0.3) is 0 Å². The lowest BCUT2D eigenvalue weighted by Gasteiger charge is -2.20. The first-order chi connectivity index (χ1) is 7.67. The lowest BCUT2D eigenvalue weighted by molar-refractivity contribution is 0.438. The van der Waals surface area contributed by atoms with E-state index in [2.05, 4.69) is 45.0 Å². The van der Waals surface area contributed by atoms with Crippen LogP contribution in [0, 0.1) is 12.8 Å². The van der Waals surface area contributed by atoms with Crippen LogP contribution in [-0.4, -0.2) is 6.54 Å². The second-order valence-electron chi connectivity index (χ2n) is 4.98. The lowest BCUT2D eigenvalue weighted by atomic mass is 9.87. The molecule has 0 fully saturated rings. The average Bonchev–Trinajstić information content (AvgIpc) is 2.26. The Labute approximate surface area is 100 Å². The lowest BCUT2D eigenvalue weighted by Crippen LogP contribution is -2.15. The molecule has 0 saturated carbocycles. The molecule has 0 aliphatic carbocycles. The fourth-order valence-corrected chi connectivity index (χ4v) is 2.39. The molecule has 0 heterocycles. The van der Waals surface area contributed by atoms with E-state index < -0.39 is 0 Å². The molecule has 0 aliphatic rings. The molecule has 16 heavy (non-hydrogen) atoms. The highest BCUT2D eigenvalue weighted by Crippen LogP contribution is 2.25. The molecule has 0 aliphatic heterocycles. The molecule has 2 atom stereocenters. The van der Waals surface area contributed by atoms with E-state index in [0.29, 0.717) is 5.92 Å². The van der Waals surface area contributed by atoms with Crippen molar-refractivity contribution in [1.29, 1.82) is 0 Å².